The Morgan fingerprint density at radius 3 is 2.46 bits per heavy atom. The van der Waals surface area contributed by atoms with Crippen molar-refractivity contribution in [3.63, 3.8) is 0 Å². The van der Waals surface area contributed by atoms with Crippen LogP contribution < -0.4 is 0 Å². The molecule has 0 unspecified atom stereocenters. The predicted octanol–water partition coefficient (Wildman–Crippen LogP) is 2.29. The van der Waals surface area contributed by atoms with E-state index in [0.717, 1.165) is 13.2 Å². The second-order valence-electron chi connectivity index (χ2n) is 4.29. The first kappa shape index (κ1) is 11.0. The van der Waals surface area contributed by atoms with E-state index in [-0.39, 0.29) is 0 Å². The Kier molecular flexibility index (Phi) is 5.40. The fourth-order valence-corrected chi connectivity index (χ4v) is 1.86. The van der Waals surface area contributed by atoms with E-state index in [9.17, 15) is 0 Å². The van der Waals surface area contributed by atoms with Crippen molar-refractivity contribution in [1.82, 2.24) is 4.90 Å². The van der Waals surface area contributed by atoms with Crippen LogP contribution in [0.1, 0.15) is 38.5 Å². The molecule has 0 N–H and O–H groups in total. The quantitative estimate of drug-likeness (QED) is 0.609. The molecule has 1 fully saturated rings. The third-order valence-electron chi connectivity index (χ3n) is 2.66. The zero-order valence-corrected chi connectivity index (χ0v) is 9.09. The standard InChI is InChI=1S/C11H23NO/c1-12(2)9-6-10-13-11-7-4-3-5-8-11/h11H,3-10H2,1-2H3. The lowest BCUT2D eigenvalue weighted by Gasteiger charge is -2.22. The molecule has 1 aliphatic rings. The van der Waals surface area contributed by atoms with E-state index in [1.807, 2.05) is 0 Å². The first-order valence-corrected chi connectivity index (χ1v) is 5.55. The lowest BCUT2D eigenvalue weighted by atomic mass is 9.98. The van der Waals surface area contributed by atoms with E-state index in [0.29, 0.717) is 6.10 Å². The molecule has 1 aliphatic carbocycles. The highest BCUT2D eigenvalue weighted by molar-refractivity contribution is 4.64. The van der Waals surface area contributed by atoms with E-state index in [1.165, 1.54) is 38.5 Å². The summed E-state index contributed by atoms with van der Waals surface area (Å²) in [5.41, 5.74) is 0. The summed E-state index contributed by atoms with van der Waals surface area (Å²) in [4.78, 5) is 2.21. The van der Waals surface area contributed by atoms with Crippen molar-refractivity contribution in [3.8, 4) is 0 Å². The van der Waals surface area contributed by atoms with E-state index in [4.69, 9.17) is 4.74 Å². The molecule has 0 aromatic heterocycles. The Bertz CT molecular complexity index is 119. The van der Waals surface area contributed by atoms with Crippen LogP contribution in [0.25, 0.3) is 0 Å². The molecule has 2 nitrogen and oxygen atoms in total. The van der Waals surface area contributed by atoms with Crippen LogP contribution in [-0.4, -0.2) is 38.3 Å². The Morgan fingerprint density at radius 2 is 1.85 bits per heavy atom. The van der Waals surface area contributed by atoms with Crippen molar-refractivity contribution >= 4 is 0 Å². The molecule has 78 valence electrons. The molecule has 13 heavy (non-hydrogen) atoms. The van der Waals surface area contributed by atoms with E-state index < -0.39 is 0 Å². The van der Waals surface area contributed by atoms with Crippen molar-refractivity contribution in [2.75, 3.05) is 27.2 Å². The fraction of sp³-hybridized carbons (Fsp3) is 1.00. The summed E-state index contributed by atoms with van der Waals surface area (Å²) in [6.07, 6.45) is 8.50. The van der Waals surface area contributed by atoms with Crippen molar-refractivity contribution < 1.29 is 4.74 Å². The number of hydrogen-bond acceptors (Lipinski definition) is 2. The highest BCUT2D eigenvalue weighted by atomic mass is 16.5. The van der Waals surface area contributed by atoms with Crippen LogP contribution in [0.5, 0.6) is 0 Å². The van der Waals surface area contributed by atoms with Gasteiger partial charge in [-0.05, 0) is 39.9 Å². The van der Waals surface area contributed by atoms with Crippen molar-refractivity contribution in [2.45, 2.75) is 44.6 Å². The number of ether oxygens (including phenoxy) is 1. The van der Waals surface area contributed by atoms with Crippen LogP contribution >= 0.6 is 0 Å². The maximum absolute atomic E-state index is 5.81. The average Bonchev–Trinajstić information content (AvgIpc) is 2.14. The van der Waals surface area contributed by atoms with Gasteiger partial charge in [0.15, 0.2) is 0 Å². The minimum atomic E-state index is 0.580. The summed E-state index contributed by atoms with van der Waals surface area (Å²) in [6, 6.07) is 0. The predicted molar refractivity (Wildman–Crippen MR) is 56.0 cm³/mol. The second kappa shape index (κ2) is 6.39. The number of nitrogens with zero attached hydrogens (tertiary/aromatic N) is 1. The maximum atomic E-state index is 5.81. The molecule has 0 aliphatic heterocycles. The summed E-state index contributed by atoms with van der Waals surface area (Å²) in [5.74, 6) is 0. The third kappa shape index (κ3) is 5.27. The first-order valence-electron chi connectivity index (χ1n) is 5.55. The number of rotatable bonds is 5. The van der Waals surface area contributed by atoms with Crippen LogP contribution in [0.4, 0.5) is 0 Å². The molecule has 0 saturated heterocycles. The van der Waals surface area contributed by atoms with Gasteiger partial charge in [0.2, 0.25) is 0 Å². The van der Waals surface area contributed by atoms with E-state index in [2.05, 4.69) is 19.0 Å². The smallest absolute Gasteiger partial charge is 0.0575 e. The minimum Gasteiger partial charge on any atom is -0.378 e. The second-order valence-corrected chi connectivity index (χ2v) is 4.29. The monoisotopic (exact) mass is 185 g/mol. The lowest BCUT2D eigenvalue weighted by Crippen LogP contribution is -2.20. The molecular weight excluding hydrogens is 162 g/mol. The van der Waals surface area contributed by atoms with Gasteiger partial charge in [0.1, 0.15) is 0 Å². The van der Waals surface area contributed by atoms with Crippen molar-refractivity contribution in [3.05, 3.63) is 0 Å². The number of hydrogen-bond donors (Lipinski definition) is 0. The van der Waals surface area contributed by atoms with Gasteiger partial charge in [0.25, 0.3) is 0 Å². The molecule has 0 atom stereocenters. The zero-order chi connectivity index (χ0) is 9.52. The Hall–Kier alpha value is -0.0800. The summed E-state index contributed by atoms with van der Waals surface area (Å²) in [6.45, 7) is 2.09. The van der Waals surface area contributed by atoms with Gasteiger partial charge < -0.3 is 9.64 Å². The van der Waals surface area contributed by atoms with Crippen LogP contribution in [0.3, 0.4) is 0 Å². The molecule has 0 aromatic carbocycles. The lowest BCUT2D eigenvalue weighted by molar-refractivity contribution is 0.0250. The van der Waals surface area contributed by atoms with Gasteiger partial charge >= 0.3 is 0 Å². The fourth-order valence-electron chi connectivity index (χ4n) is 1.86. The average molecular weight is 185 g/mol. The molecule has 1 saturated carbocycles. The minimum absolute atomic E-state index is 0.580. The molecule has 1 rings (SSSR count). The molecular formula is C11H23NO. The van der Waals surface area contributed by atoms with Gasteiger partial charge in [0, 0.05) is 6.61 Å². The summed E-state index contributed by atoms with van der Waals surface area (Å²) in [7, 11) is 4.22. The Balaban J connectivity index is 1.92. The Labute approximate surface area is 82.3 Å². The van der Waals surface area contributed by atoms with Crippen LogP contribution in [0.2, 0.25) is 0 Å². The van der Waals surface area contributed by atoms with Gasteiger partial charge in [0.05, 0.1) is 6.10 Å². The highest BCUT2D eigenvalue weighted by Crippen LogP contribution is 2.20. The summed E-state index contributed by atoms with van der Waals surface area (Å²) >= 11 is 0. The summed E-state index contributed by atoms with van der Waals surface area (Å²) < 4.78 is 5.81. The SMILES string of the molecule is CN(C)CCCOC1CCCCC1. The van der Waals surface area contributed by atoms with Gasteiger partial charge in [-0.25, -0.2) is 0 Å². The molecule has 2 heteroatoms. The van der Waals surface area contributed by atoms with Gasteiger partial charge in [-0.2, -0.15) is 0 Å². The van der Waals surface area contributed by atoms with Crippen LogP contribution in [0.15, 0.2) is 0 Å². The molecule has 0 aromatic rings. The van der Waals surface area contributed by atoms with Crippen LogP contribution in [0, 0.1) is 0 Å². The zero-order valence-electron chi connectivity index (χ0n) is 9.09. The third-order valence-corrected chi connectivity index (χ3v) is 2.66. The van der Waals surface area contributed by atoms with Crippen molar-refractivity contribution in [1.29, 1.82) is 0 Å². The largest absolute Gasteiger partial charge is 0.378 e. The molecule has 0 heterocycles. The topological polar surface area (TPSA) is 12.5 Å². The van der Waals surface area contributed by atoms with Gasteiger partial charge in [-0.3, -0.25) is 0 Å². The maximum Gasteiger partial charge on any atom is 0.0575 e. The molecule has 0 amide bonds. The summed E-state index contributed by atoms with van der Waals surface area (Å²) in [5, 5.41) is 0. The van der Waals surface area contributed by atoms with E-state index in [1.54, 1.807) is 0 Å². The van der Waals surface area contributed by atoms with Crippen LogP contribution in [-0.2, 0) is 4.74 Å². The Morgan fingerprint density at radius 1 is 1.15 bits per heavy atom. The first-order chi connectivity index (χ1) is 6.29. The normalized spacial score (nSPS) is 19.6. The highest BCUT2D eigenvalue weighted by Gasteiger charge is 2.12. The van der Waals surface area contributed by atoms with Gasteiger partial charge in [-0.1, -0.05) is 19.3 Å². The molecule has 0 bridgehead atoms. The molecule has 0 radical (unpaired) electrons. The molecule has 0 spiro atoms. The van der Waals surface area contributed by atoms with Crippen molar-refractivity contribution in [2.24, 2.45) is 0 Å². The van der Waals surface area contributed by atoms with Gasteiger partial charge in [-0.15, -0.1) is 0 Å². The van der Waals surface area contributed by atoms with E-state index >= 15 is 0 Å².